The average Bonchev–Trinajstić information content (AvgIpc) is 2.26. The summed E-state index contributed by atoms with van der Waals surface area (Å²) >= 11 is 0. The Morgan fingerprint density at radius 1 is 1.80 bits per heavy atom. The van der Waals surface area contributed by atoms with Crippen LogP contribution in [0.5, 0.6) is 0 Å². The van der Waals surface area contributed by atoms with E-state index in [0.29, 0.717) is 25.3 Å². The monoisotopic (exact) mass is 210 g/mol. The van der Waals surface area contributed by atoms with Crippen LogP contribution in [0.3, 0.4) is 0 Å². The highest BCUT2D eigenvalue weighted by molar-refractivity contribution is 5.85. The van der Waals surface area contributed by atoms with Crippen molar-refractivity contribution in [2.75, 3.05) is 26.2 Å². The molecule has 0 saturated carbocycles. The predicted molar refractivity (Wildman–Crippen MR) is 53.2 cm³/mol. The summed E-state index contributed by atoms with van der Waals surface area (Å²) < 4.78 is 5.17. The largest absolute Gasteiger partial charge is 0.478 e. The predicted octanol–water partition coefficient (Wildman–Crippen LogP) is 0.242. The van der Waals surface area contributed by atoms with Crippen LogP contribution in [0.1, 0.15) is 6.92 Å². The molecule has 1 N–H and O–H groups in total. The molecule has 0 aromatic rings. The van der Waals surface area contributed by atoms with Gasteiger partial charge in [-0.05, 0) is 6.92 Å². The highest BCUT2D eigenvalue weighted by Crippen LogP contribution is 2.04. The van der Waals surface area contributed by atoms with Crippen molar-refractivity contribution in [3.63, 3.8) is 0 Å². The van der Waals surface area contributed by atoms with Gasteiger partial charge < -0.3 is 9.84 Å². The molecule has 0 aromatic carbocycles. The zero-order valence-electron chi connectivity index (χ0n) is 8.64. The van der Waals surface area contributed by atoms with Crippen molar-refractivity contribution in [2.45, 2.75) is 13.0 Å². The van der Waals surface area contributed by atoms with Gasteiger partial charge in [0.2, 0.25) is 0 Å². The molecule has 1 saturated heterocycles. The SMILES string of the molecule is CC(=CCN1CCOC(C#N)C1)C(=O)O. The third-order valence-corrected chi connectivity index (χ3v) is 2.29. The number of carbonyl (C=O) groups is 1. The van der Waals surface area contributed by atoms with Crippen molar-refractivity contribution >= 4 is 5.97 Å². The molecule has 0 spiro atoms. The maximum absolute atomic E-state index is 10.5. The molecule has 1 aliphatic rings. The van der Waals surface area contributed by atoms with Crippen LogP contribution in [0.2, 0.25) is 0 Å². The zero-order valence-corrected chi connectivity index (χ0v) is 8.64. The molecule has 0 aromatic heterocycles. The molecule has 5 nitrogen and oxygen atoms in total. The van der Waals surface area contributed by atoms with E-state index in [1.807, 2.05) is 11.0 Å². The summed E-state index contributed by atoms with van der Waals surface area (Å²) in [5.74, 6) is -0.903. The van der Waals surface area contributed by atoms with Gasteiger partial charge in [-0.25, -0.2) is 4.79 Å². The molecule has 1 heterocycles. The first kappa shape index (κ1) is 11.7. The molecule has 82 valence electrons. The van der Waals surface area contributed by atoms with E-state index in [1.54, 1.807) is 13.0 Å². The Bertz CT molecular complexity index is 306. The average molecular weight is 210 g/mol. The molecule has 0 aliphatic carbocycles. The number of carboxylic acids is 1. The molecular formula is C10H14N2O3. The second kappa shape index (κ2) is 5.49. The van der Waals surface area contributed by atoms with Crippen molar-refractivity contribution in [3.8, 4) is 6.07 Å². The number of aliphatic carboxylic acids is 1. The second-order valence-corrected chi connectivity index (χ2v) is 3.44. The number of rotatable bonds is 3. The van der Waals surface area contributed by atoms with Gasteiger partial charge in [0.25, 0.3) is 0 Å². The Labute approximate surface area is 88.6 Å². The molecule has 15 heavy (non-hydrogen) atoms. The molecule has 0 amide bonds. The minimum absolute atomic E-state index is 0.329. The van der Waals surface area contributed by atoms with Crippen LogP contribution in [-0.2, 0) is 9.53 Å². The maximum Gasteiger partial charge on any atom is 0.330 e. The third kappa shape index (κ3) is 3.70. The molecule has 1 fully saturated rings. The van der Waals surface area contributed by atoms with Gasteiger partial charge >= 0.3 is 5.97 Å². The summed E-state index contributed by atoms with van der Waals surface area (Å²) in [7, 11) is 0. The van der Waals surface area contributed by atoms with Crippen LogP contribution in [-0.4, -0.2) is 48.3 Å². The lowest BCUT2D eigenvalue weighted by Gasteiger charge is -2.28. The molecule has 0 radical (unpaired) electrons. The maximum atomic E-state index is 10.5. The van der Waals surface area contributed by atoms with E-state index in [4.69, 9.17) is 15.1 Å². The Morgan fingerprint density at radius 2 is 2.53 bits per heavy atom. The quantitative estimate of drug-likeness (QED) is 0.675. The summed E-state index contributed by atoms with van der Waals surface area (Å²) in [6.07, 6.45) is 1.26. The smallest absolute Gasteiger partial charge is 0.330 e. The van der Waals surface area contributed by atoms with Crippen molar-refractivity contribution in [2.24, 2.45) is 0 Å². The lowest BCUT2D eigenvalue weighted by Crippen LogP contribution is -2.41. The number of hydrogen-bond acceptors (Lipinski definition) is 4. The highest BCUT2D eigenvalue weighted by atomic mass is 16.5. The fourth-order valence-corrected chi connectivity index (χ4v) is 1.30. The van der Waals surface area contributed by atoms with Crippen molar-refractivity contribution in [1.29, 1.82) is 5.26 Å². The second-order valence-electron chi connectivity index (χ2n) is 3.44. The number of nitrogens with zero attached hydrogens (tertiary/aromatic N) is 2. The van der Waals surface area contributed by atoms with Gasteiger partial charge in [0.1, 0.15) is 0 Å². The molecule has 1 unspecified atom stereocenters. The lowest BCUT2D eigenvalue weighted by molar-refractivity contribution is -0.132. The van der Waals surface area contributed by atoms with E-state index in [-0.39, 0.29) is 0 Å². The molecule has 5 heteroatoms. The van der Waals surface area contributed by atoms with E-state index >= 15 is 0 Å². The van der Waals surface area contributed by atoms with E-state index in [1.165, 1.54) is 0 Å². The first-order chi connectivity index (χ1) is 7.13. The fourth-order valence-electron chi connectivity index (χ4n) is 1.30. The van der Waals surface area contributed by atoms with Crippen molar-refractivity contribution in [1.82, 2.24) is 4.90 Å². The van der Waals surface area contributed by atoms with Gasteiger partial charge in [0, 0.05) is 25.2 Å². The number of carboxylic acid groups (broad SMARTS) is 1. The topological polar surface area (TPSA) is 73.6 Å². The summed E-state index contributed by atoms with van der Waals surface area (Å²) in [6, 6.07) is 2.04. The molecule has 1 aliphatic heterocycles. The van der Waals surface area contributed by atoms with Crippen molar-refractivity contribution in [3.05, 3.63) is 11.6 Å². The van der Waals surface area contributed by atoms with Gasteiger partial charge in [0.15, 0.2) is 6.10 Å². The van der Waals surface area contributed by atoms with E-state index in [0.717, 1.165) is 6.54 Å². The molecule has 0 bridgehead atoms. The van der Waals surface area contributed by atoms with Gasteiger partial charge in [-0.3, -0.25) is 4.90 Å². The van der Waals surface area contributed by atoms with Crippen LogP contribution < -0.4 is 0 Å². The van der Waals surface area contributed by atoms with Gasteiger partial charge in [-0.15, -0.1) is 0 Å². The van der Waals surface area contributed by atoms with Crippen LogP contribution >= 0.6 is 0 Å². The summed E-state index contributed by atoms with van der Waals surface area (Å²) in [4.78, 5) is 12.5. The van der Waals surface area contributed by atoms with Gasteiger partial charge in [-0.2, -0.15) is 5.26 Å². The molecular weight excluding hydrogens is 196 g/mol. The first-order valence-corrected chi connectivity index (χ1v) is 4.77. The normalized spacial score (nSPS) is 23.5. The van der Waals surface area contributed by atoms with Crippen molar-refractivity contribution < 1.29 is 14.6 Å². The Morgan fingerprint density at radius 3 is 3.13 bits per heavy atom. The molecule has 1 atom stereocenters. The molecule has 1 rings (SSSR count). The van der Waals surface area contributed by atoms with Crippen LogP contribution in [0, 0.1) is 11.3 Å². The number of ether oxygens (including phenoxy) is 1. The van der Waals surface area contributed by atoms with Gasteiger partial charge in [-0.1, -0.05) is 6.08 Å². The minimum atomic E-state index is -0.903. The minimum Gasteiger partial charge on any atom is -0.478 e. The van der Waals surface area contributed by atoms with E-state index < -0.39 is 12.1 Å². The lowest BCUT2D eigenvalue weighted by atomic mass is 10.2. The summed E-state index contributed by atoms with van der Waals surface area (Å²) in [5, 5.41) is 17.3. The Balaban J connectivity index is 2.42. The van der Waals surface area contributed by atoms with Crippen LogP contribution in [0.25, 0.3) is 0 Å². The fraction of sp³-hybridized carbons (Fsp3) is 0.600. The van der Waals surface area contributed by atoms with E-state index in [9.17, 15) is 4.79 Å². The van der Waals surface area contributed by atoms with Crippen LogP contribution in [0.15, 0.2) is 11.6 Å². The van der Waals surface area contributed by atoms with Crippen LogP contribution in [0.4, 0.5) is 0 Å². The van der Waals surface area contributed by atoms with E-state index in [2.05, 4.69) is 0 Å². The highest BCUT2D eigenvalue weighted by Gasteiger charge is 2.18. The standard InChI is InChI=1S/C10H14N2O3/c1-8(10(13)14)2-3-12-4-5-15-9(6-11)7-12/h2,9H,3-5,7H2,1H3,(H,13,14). The zero-order chi connectivity index (χ0) is 11.3. The summed E-state index contributed by atoms with van der Waals surface area (Å²) in [5.41, 5.74) is 0.329. The third-order valence-electron chi connectivity index (χ3n) is 2.29. The Hall–Kier alpha value is -1.38. The number of nitriles is 1. The number of morpholine rings is 1. The summed E-state index contributed by atoms with van der Waals surface area (Å²) in [6.45, 7) is 3.92. The first-order valence-electron chi connectivity index (χ1n) is 4.77. The van der Waals surface area contributed by atoms with Gasteiger partial charge in [0.05, 0.1) is 12.7 Å². The Kier molecular flexibility index (Phi) is 4.28. The number of hydrogen-bond donors (Lipinski definition) is 1.